The van der Waals surface area contributed by atoms with Crippen LogP contribution in [0.2, 0.25) is 5.82 Å². The van der Waals surface area contributed by atoms with E-state index < -0.39 is 79.8 Å². The maximum atomic E-state index is 14.8. The molecule has 0 N–H and O–H groups in total. The fraction of sp³-hybridized carbons (Fsp3) is 0.694. The van der Waals surface area contributed by atoms with Crippen molar-refractivity contribution in [3.8, 4) is 0 Å². The van der Waals surface area contributed by atoms with E-state index in [1.165, 1.54) is 12.2 Å². The van der Waals surface area contributed by atoms with Gasteiger partial charge >= 0.3 is 28.7 Å². The topological polar surface area (TPSA) is 116 Å². The summed E-state index contributed by atoms with van der Waals surface area (Å²) in [6.45, 7) is 16.0. The van der Waals surface area contributed by atoms with Gasteiger partial charge in [-0.1, -0.05) is 36.8 Å². The Bertz CT molecular complexity index is 1600. The highest BCUT2D eigenvalue weighted by Crippen LogP contribution is 2.67. The van der Waals surface area contributed by atoms with Gasteiger partial charge in [-0.25, -0.2) is 0 Å². The molecule has 0 amide bonds. The Hall–Kier alpha value is -2.75. The first-order chi connectivity index (χ1) is 23.4. The highest BCUT2D eigenvalue weighted by Gasteiger charge is 2.70. The predicted molar refractivity (Wildman–Crippen MR) is 182 cm³/mol. The lowest BCUT2D eigenvalue weighted by atomic mass is 9.40. The molecule has 0 bridgehead atoms. The first-order valence-electron chi connectivity index (χ1n) is 17.4. The molecule has 2 aliphatic heterocycles. The van der Waals surface area contributed by atoms with Crippen LogP contribution < -0.4 is 0 Å². The van der Waals surface area contributed by atoms with Gasteiger partial charge in [-0.15, -0.1) is 0 Å². The van der Waals surface area contributed by atoms with E-state index in [1.54, 1.807) is 34.6 Å². The minimum Gasteiger partial charge on any atom is -0.465 e. The molecule has 10 nitrogen and oxygen atoms in total. The van der Waals surface area contributed by atoms with Crippen LogP contribution in [0, 0.1) is 22.7 Å². The molecule has 1 spiro atoms. The second kappa shape index (κ2) is 13.6. The number of halogens is 3. The Balaban J connectivity index is 1.75. The molecule has 2 aliphatic carbocycles. The maximum absolute atomic E-state index is 14.8. The summed E-state index contributed by atoms with van der Waals surface area (Å²) in [6, 6.07) is 9.43. The average molecular weight is 743 g/mol. The Morgan fingerprint density at radius 1 is 1.00 bits per heavy atom. The lowest BCUT2D eigenvalue weighted by molar-refractivity contribution is -0.200. The largest absolute Gasteiger partial charge is 0.534 e. The highest BCUT2D eigenvalue weighted by molar-refractivity contribution is 7.87. The minimum atomic E-state index is -6.11. The molecule has 5 rings (SSSR count). The summed E-state index contributed by atoms with van der Waals surface area (Å²) in [6.07, 6.45) is 3.47. The van der Waals surface area contributed by atoms with Gasteiger partial charge in [0.05, 0.1) is 48.5 Å². The zero-order valence-electron chi connectivity index (χ0n) is 30.8. The normalized spacial score (nSPS) is 30.4. The van der Waals surface area contributed by atoms with Gasteiger partial charge in [0.1, 0.15) is 11.4 Å². The van der Waals surface area contributed by atoms with Crippen LogP contribution in [0.25, 0.3) is 0 Å². The fourth-order valence-electron chi connectivity index (χ4n) is 7.85. The molecule has 5 atom stereocenters. The molecule has 1 saturated heterocycles. The molecule has 284 valence electrons. The number of carbonyl (C=O) groups is 1. The van der Waals surface area contributed by atoms with Gasteiger partial charge < -0.3 is 32.4 Å². The summed E-state index contributed by atoms with van der Waals surface area (Å²) in [7, 11) is -7.24. The number of alkyl halides is 3. The zero-order valence-corrected chi connectivity index (χ0v) is 31.6. The summed E-state index contributed by atoms with van der Waals surface area (Å²) in [5, 5.41) is 0. The molecule has 2 fully saturated rings. The van der Waals surface area contributed by atoms with Gasteiger partial charge in [-0.05, 0) is 92.7 Å². The van der Waals surface area contributed by atoms with Crippen molar-refractivity contribution in [2.75, 3.05) is 13.2 Å². The van der Waals surface area contributed by atoms with Crippen molar-refractivity contribution in [3.63, 3.8) is 0 Å². The van der Waals surface area contributed by atoms with Crippen LogP contribution in [-0.2, 0) is 54.0 Å². The average Bonchev–Trinajstić information content (AvgIpc) is 3.21. The van der Waals surface area contributed by atoms with Crippen LogP contribution in [0.4, 0.5) is 13.2 Å². The number of hydrogen-bond acceptors (Lipinski definition) is 10. The standard InChI is InChI=1S/C36H50BF3O10S/c1-23(2)46-28-18-25-27(48-51(42,43)36(38,39)40)19-26(37-49-32(6,7)33(8,9)50-37)29-34(25,22-45-28)16-13-17-35(29,30(41)47-31(3,4)5)21-44-20-24-14-11-10-12-15-24/h10-12,14-15,18-19,23,25-26,29H,13,16-17,20-22H2,1-9H3/t25-,26-,29+,34+,35+/m0/s1. The molecular formula is C36H50BF3O10S. The Kier molecular flexibility index (Phi) is 10.5. The van der Waals surface area contributed by atoms with Crippen molar-refractivity contribution in [1.29, 1.82) is 0 Å². The van der Waals surface area contributed by atoms with Crippen LogP contribution in [0.15, 0.2) is 54.2 Å². The van der Waals surface area contributed by atoms with Gasteiger partial charge in [-0.3, -0.25) is 4.79 Å². The molecular weight excluding hydrogens is 692 g/mol. The minimum absolute atomic E-state index is 0.0149. The SMILES string of the molecule is CC(C)OC1=C[C@H]2C(OS(=O)(=O)C(F)(F)F)=C[C@H](B3OC(C)(C)C(C)(C)O3)[C@H]3[C@@](COCc4ccccc4)(C(=O)OC(C)(C)C)CCC[C@@]23CO1. The van der Waals surface area contributed by atoms with Crippen molar-refractivity contribution < 1.29 is 58.8 Å². The maximum Gasteiger partial charge on any atom is 0.534 e. The third-order valence-electron chi connectivity index (χ3n) is 10.6. The molecule has 4 aliphatic rings. The second-order valence-electron chi connectivity index (χ2n) is 16.4. The van der Waals surface area contributed by atoms with E-state index in [9.17, 15) is 26.4 Å². The Morgan fingerprint density at radius 3 is 2.20 bits per heavy atom. The van der Waals surface area contributed by atoms with Crippen molar-refractivity contribution in [2.24, 2.45) is 22.7 Å². The predicted octanol–water partition coefficient (Wildman–Crippen LogP) is 7.46. The Morgan fingerprint density at radius 2 is 1.63 bits per heavy atom. The molecule has 0 radical (unpaired) electrons. The number of carbonyl (C=O) groups excluding carboxylic acids is 1. The zero-order chi connectivity index (χ0) is 37.8. The smallest absolute Gasteiger partial charge is 0.465 e. The summed E-state index contributed by atoms with van der Waals surface area (Å²) < 4.78 is 110. The summed E-state index contributed by atoms with van der Waals surface area (Å²) in [5.41, 5.74) is -10.1. The first-order valence-corrected chi connectivity index (χ1v) is 18.8. The first kappa shape index (κ1) is 39.5. The summed E-state index contributed by atoms with van der Waals surface area (Å²) in [4.78, 5) is 14.8. The van der Waals surface area contributed by atoms with Crippen molar-refractivity contribution in [2.45, 2.75) is 122 Å². The lowest BCUT2D eigenvalue weighted by Crippen LogP contribution is -2.63. The number of esters is 1. The van der Waals surface area contributed by atoms with E-state index in [4.69, 9.17) is 32.4 Å². The fourth-order valence-corrected chi connectivity index (χ4v) is 8.36. The molecule has 0 aromatic heterocycles. The number of allylic oxidation sites excluding steroid dienone is 2. The number of rotatable bonds is 10. The highest BCUT2D eigenvalue weighted by atomic mass is 32.2. The molecule has 1 saturated carbocycles. The Labute approximate surface area is 299 Å². The molecule has 0 unspecified atom stereocenters. The van der Waals surface area contributed by atoms with Gasteiger partial charge in [0.25, 0.3) is 5.95 Å². The molecule has 51 heavy (non-hydrogen) atoms. The van der Waals surface area contributed by atoms with Gasteiger partial charge in [0, 0.05) is 17.3 Å². The van der Waals surface area contributed by atoms with E-state index in [0.29, 0.717) is 19.3 Å². The van der Waals surface area contributed by atoms with E-state index in [1.807, 2.05) is 58.0 Å². The van der Waals surface area contributed by atoms with Crippen LogP contribution in [0.1, 0.15) is 87.1 Å². The van der Waals surface area contributed by atoms with Crippen LogP contribution in [0.3, 0.4) is 0 Å². The van der Waals surface area contributed by atoms with Crippen LogP contribution in [0.5, 0.6) is 0 Å². The summed E-state index contributed by atoms with van der Waals surface area (Å²) >= 11 is 0. The van der Waals surface area contributed by atoms with Gasteiger partial charge in [0.2, 0.25) is 0 Å². The number of benzene rings is 1. The lowest BCUT2D eigenvalue weighted by Gasteiger charge is -2.60. The van der Waals surface area contributed by atoms with E-state index in [-0.39, 0.29) is 31.9 Å². The van der Waals surface area contributed by atoms with Crippen molar-refractivity contribution >= 4 is 23.2 Å². The third kappa shape index (κ3) is 7.68. The molecule has 1 aromatic carbocycles. The summed E-state index contributed by atoms with van der Waals surface area (Å²) in [5.74, 6) is -3.96. The quantitative estimate of drug-likeness (QED) is 0.104. The van der Waals surface area contributed by atoms with E-state index >= 15 is 0 Å². The van der Waals surface area contributed by atoms with Crippen LogP contribution >= 0.6 is 0 Å². The van der Waals surface area contributed by atoms with Crippen molar-refractivity contribution in [1.82, 2.24) is 0 Å². The van der Waals surface area contributed by atoms with E-state index in [2.05, 4.69) is 0 Å². The van der Waals surface area contributed by atoms with Crippen molar-refractivity contribution in [3.05, 3.63) is 59.8 Å². The van der Waals surface area contributed by atoms with Crippen LogP contribution in [-0.4, -0.2) is 63.1 Å². The van der Waals surface area contributed by atoms with E-state index in [0.717, 1.165) is 5.56 Å². The molecule has 2 heterocycles. The number of hydrogen-bond donors (Lipinski definition) is 0. The van der Waals surface area contributed by atoms with Gasteiger partial charge in [0.15, 0.2) is 0 Å². The monoisotopic (exact) mass is 742 g/mol. The van der Waals surface area contributed by atoms with Gasteiger partial charge in [-0.2, -0.15) is 21.6 Å². The molecule has 15 heteroatoms. The second-order valence-corrected chi connectivity index (χ2v) is 17.9. The number of ether oxygens (including phenoxy) is 4. The molecule has 1 aromatic rings. The third-order valence-corrected chi connectivity index (χ3v) is 11.6.